The summed E-state index contributed by atoms with van der Waals surface area (Å²) in [6.45, 7) is 3.67. The number of carbonyl (C=O) groups is 1. The monoisotopic (exact) mass is 462 g/mol. The fourth-order valence-corrected chi connectivity index (χ4v) is 3.94. The predicted octanol–water partition coefficient (Wildman–Crippen LogP) is 4.07. The summed E-state index contributed by atoms with van der Waals surface area (Å²) < 4.78 is 21.4. The number of hydrogen-bond donors (Lipinski definition) is 2. The van der Waals surface area contributed by atoms with Gasteiger partial charge in [0.2, 0.25) is 11.3 Å². The predicted molar refractivity (Wildman–Crippen MR) is 119 cm³/mol. The number of aromatic carboxylic acids is 1. The van der Waals surface area contributed by atoms with Gasteiger partial charge in [-0.3, -0.25) is 4.79 Å². The normalized spacial score (nSPS) is 12.3. The van der Waals surface area contributed by atoms with Gasteiger partial charge in [-0.05, 0) is 30.0 Å². The average Bonchev–Trinajstić information content (AvgIpc) is 2.75. The Balaban J connectivity index is 2.29. The summed E-state index contributed by atoms with van der Waals surface area (Å²) in [5.41, 5.74) is -0.289. The first-order valence-corrected chi connectivity index (χ1v) is 10.5. The maximum Gasteiger partial charge on any atom is 0.341 e. The molecule has 0 aliphatic carbocycles. The van der Waals surface area contributed by atoms with Gasteiger partial charge in [-0.25, -0.2) is 9.18 Å². The van der Waals surface area contributed by atoms with Gasteiger partial charge in [0.05, 0.1) is 30.2 Å². The highest BCUT2D eigenvalue weighted by Crippen LogP contribution is 2.29. The van der Waals surface area contributed by atoms with Crippen molar-refractivity contribution in [3.8, 4) is 5.88 Å². The van der Waals surface area contributed by atoms with Gasteiger partial charge < -0.3 is 19.5 Å². The molecule has 32 heavy (non-hydrogen) atoms. The summed E-state index contributed by atoms with van der Waals surface area (Å²) in [6, 6.07) is 5.56. The van der Waals surface area contributed by atoms with Gasteiger partial charge in [0.1, 0.15) is 17.0 Å². The van der Waals surface area contributed by atoms with Crippen molar-refractivity contribution in [2.24, 2.45) is 5.92 Å². The maximum absolute atomic E-state index is 14.5. The highest BCUT2D eigenvalue weighted by Gasteiger charge is 2.23. The molecule has 0 radical (unpaired) electrons. The maximum atomic E-state index is 14.5. The van der Waals surface area contributed by atoms with Crippen LogP contribution in [0.4, 0.5) is 4.39 Å². The number of pyridine rings is 2. The van der Waals surface area contributed by atoms with E-state index in [0.717, 1.165) is 0 Å². The quantitative estimate of drug-likeness (QED) is 0.523. The van der Waals surface area contributed by atoms with E-state index in [1.165, 1.54) is 30.0 Å². The lowest BCUT2D eigenvalue weighted by molar-refractivity contribution is 0.0694. The molecule has 0 saturated heterocycles. The molecule has 0 aliphatic rings. The average molecular weight is 463 g/mol. The Bertz CT molecular complexity index is 1230. The first-order chi connectivity index (χ1) is 15.2. The zero-order valence-electron chi connectivity index (χ0n) is 17.9. The third-order valence-corrected chi connectivity index (χ3v) is 5.52. The van der Waals surface area contributed by atoms with Crippen LogP contribution in [0.25, 0.3) is 11.0 Å². The van der Waals surface area contributed by atoms with E-state index in [-0.39, 0.29) is 46.4 Å². The van der Waals surface area contributed by atoms with Crippen molar-refractivity contribution in [1.29, 1.82) is 0 Å². The van der Waals surface area contributed by atoms with E-state index in [9.17, 15) is 24.2 Å². The molecule has 1 unspecified atom stereocenters. The number of hydrogen-bond acceptors (Lipinski definition) is 5. The summed E-state index contributed by atoms with van der Waals surface area (Å²) in [7, 11) is 1.40. The Hall–Kier alpha value is -2.97. The van der Waals surface area contributed by atoms with Crippen LogP contribution in [-0.2, 0) is 6.42 Å². The Morgan fingerprint density at radius 2 is 2.03 bits per heavy atom. The van der Waals surface area contributed by atoms with Crippen LogP contribution in [0.1, 0.15) is 47.8 Å². The summed E-state index contributed by atoms with van der Waals surface area (Å²) in [6.07, 6.45) is 1.77. The van der Waals surface area contributed by atoms with Crippen molar-refractivity contribution in [2.45, 2.75) is 32.7 Å². The summed E-state index contributed by atoms with van der Waals surface area (Å²) in [5.74, 6) is -1.62. The van der Waals surface area contributed by atoms with Crippen molar-refractivity contribution in [1.82, 2.24) is 9.55 Å². The second-order valence-corrected chi connectivity index (χ2v) is 8.38. The van der Waals surface area contributed by atoms with E-state index in [0.29, 0.717) is 12.0 Å². The molecule has 3 aromatic rings. The molecule has 0 fully saturated rings. The van der Waals surface area contributed by atoms with Gasteiger partial charge in [0.15, 0.2) is 0 Å². The van der Waals surface area contributed by atoms with Crippen molar-refractivity contribution in [2.75, 3.05) is 13.7 Å². The highest BCUT2D eigenvalue weighted by atomic mass is 35.5. The number of ether oxygens (including phenoxy) is 1. The van der Waals surface area contributed by atoms with E-state index in [4.69, 9.17) is 16.3 Å². The molecular formula is C23H24ClFN2O5. The number of aliphatic hydroxyl groups is 1. The molecule has 0 bridgehead atoms. The number of aromatic nitrogens is 2. The van der Waals surface area contributed by atoms with Gasteiger partial charge >= 0.3 is 5.97 Å². The molecule has 0 amide bonds. The van der Waals surface area contributed by atoms with Crippen LogP contribution in [0.2, 0.25) is 5.02 Å². The third-order valence-electron chi connectivity index (χ3n) is 5.23. The van der Waals surface area contributed by atoms with Crippen LogP contribution < -0.4 is 10.2 Å². The Morgan fingerprint density at radius 3 is 2.62 bits per heavy atom. The minimum Gasteiger partial charge on any atom is -0.481 e. The minimum atomic E-state index is -1.38. The summed E-state index contributed by atoms with van der Waals surface area (Å²) in [5, 5.41) is 19.5. The van der Waals surface area contributed by atoms with E-state index < -0.39 is 28.8 Å². The topological polar surface area (TPSA) is 102 Å². The van der Waals surface area contributed by atoms with E-state index in [2.05, 4.69) is 4.98 Å². The number of halogens is 2. The summed E-state index contributed by atoms with van der Waals surface area (Å²) >= 11 is 5.88. The number of aliphatic hydroxyl groups excluding tert-OH is 1. The molecule has 3 rings (SSSR count). The highest BCUT2D eigenvalue weighted by molar-refractivity contribution is 6.30. The van der Waals surface area contributed by atoms with E-state index >= 15 is 0 Å². The largest absolute Gasteiger partial charge is 0.481 e. The number of methoxy groups -OCH3 is 1. The van der Waals surface area contributed by atoms with Crippen LogP contribution in [0.3, 0.4) is 0 Å². The number of benzene rings is 1. The van der Waals surface area contributed by atoms with Crippen LogP contribution in [0, 0.1) is 11.7 Å². The molecule has 2 N–H and O–H groups in total. The first kappa shape index (κ1) is 23.7. The molecule has 0 aliphatic heterocycles. The molecule has 1 aromatic carbocycles. The van der Waals surface area contributed by atoms with Crippen molar-refractivity contribution in [3.63, 3.8) is 0 Å². The molecule has 1 atom stereocenters. The van der Waals surface area contributed by atoms with E-state index in [1.54, 1.807) is 12.1 Å². The zero-order valence-corrected chi connectivity index (χ0v) is 18.7. The second kappa shape index (κ2) is 9.67. The molecule has 2 aromatic heterocycles. The van der Waals surface area contributed by atoms with Crippen LogP contribution in [0.5, 0.6) is 5.88 Å². The molecule has 9 heteroatoms. The fraction of sp³-hybridized carbons (Fsp3) is 0.348. The molecule has 170 valence electrons. The molecule has 2 heterocycles. The molecule has 0 spiro atoms. The van der Waals surface area contributed by atoms with Crippen LogP contribution >= 0.6 is 11.6 Å². The van der Waals surface area contributed by atoms with Crippen molar-refractivity contribution < 1.29 is 24.1 Å². The minimum absolute atomic E-state index is 0.0324. The number of fused-ring (bicyclic) bond motifs is 1. The number of nitrogens with zero attached hydrogens (tertiary/aromatic N) is 2. The number of carboxylic acid groups (broad SMARTS) is 1. The Morgan fingerprint density at radius 1 is 1.31 bits per heavy atom. The SMILES string of the molecule is COc1nc2c(cc1Cc1cccc(Cl)c1F)c(=O)c(C(=O)O)cn2C(CO)CC(C)C. The lowest BCUT2D eigenvalue weighted by atomic mass is 10.0. The van der Waals surface area contributed by atoms with E-state index in [1.807, 2.05) is 13.8 Å². The number of carboxylic acids is 1. The van der Waals surface area contributed by atoms with Gasteiger partial charge in [-0.2, -0.15) is 4.98 Å². The van der Waals surface area contributed by atoms with Gasteiger partial charge in [-0.1, -0.05) is 37.6 Å². The number of rotatable bonds is 8. The summed E-state index contributed by atoms with van der Waals surface area (Å²) in [4.78, 5) is 29.2. The lowest BCUT2D eigenvalue weighted by Crippen LogP contribution is -2.24. The standard InChI is InChI=1S/C23H24ClFN2O5/c1-12(2)7-15(11-28)27-10-17(23(30)31)20(29)16-9-14(22(32-3)26-21(16)27)8-13-5-4-6-18(24)19(13)25/h4-6,9-10,12,15,28H,7-8,11H2,1-3H3,(H,30,31). The second-order valence-electron chi connectivity index (χ2n) is 7.97. The van der Waals surface area contributed by atoms with Gasteiger partial charge in [0.25, 0.3) is 0 Å². The van der Waals surface area contributed by atoms with Crippen molar-refractivity contribution >= 4 is 28.6 Å². The Labute approximate surface area is 189 Å². The third kappa shape index (κ3) is 4.61. The first-order valence-electron chi connectivity index (χ1n) is 10.1. The van der Waals surface area contributed by atoms with Gasteiger partial charge in [-0.15, -0.1) is 0 Å². The zero-order chi connectivity index (χ0) is 23.6. The Kier molecular flexibility index (Phi) is 7.16. The van der Waals surface area contributed by atoms with Crippen LogP contribution in [0.15, 0.2) is 35.3 Å². The fourth-order valence-electron chi connectivity index (χ4n) is 3.74. The van der Waals surface area contributed by atoms with Crippen molar-refractivity contribution in [3.05, 3.63) is 68.2 Å². The van der Waals surface area contributed by atoms with Crippen LogP contribution in [-0.4, -0.2) is 39.5 Å². The lowest BCUT2D eigenvalue weighted by Gasteiger charge is -2.23. The molecular weight excluding hydrogens is 439 g/mol. The molecule has 7 nitrogen and oxygen atoms in total. The van der Waals surface area contributed by atoms with Gasteiger partial charge in [0, 0.05) is 18.2 Å². The smallest absolute Gasteiger partial charge is 0.341 e. The molecule has 0 saturated carbocycles.